The number of ether oxygens (including phenoxy) is 1. The highest BCUT2D eigenvalue weighted by atomic mass is 32.2. The number of nitrogens with one attached hydrogen (secondary N) is 2. The number of hydrogen-bond donors (Lipinski definition) is 2. The van der Waals surface area contributed by atoms with Gasteiger partial charge in [-0.15, -0.1) is 0 Å². The Labute approximate surface area is 143 Å². The zero-order valence-electron chi connectivity index (χ0n) is 14.4. The predicted octanol–water partition coefficient (Wildman–Crippen LogP) is -0.794. The molecule has 0 saturated carbocycles. The summed E-state index contributed by atoms with van der Waals surface area (Å²) in [5, 5.41) is 5.05. The number of carbonyl (C=O) groups is 2. The zero-order chi connectivity index (χ0) is 18.0. The van der Waals surface area contributed by atoms with Crippen molar-refractivity contribution in [2.24, 2.45) is 0 Å². The summed E-state index contributed by atoms with van der Waals surface area (Å²) in [5.74, 6) is -0.172. The van der Waals surface area contributed by atoms with Crippen molar-refractivity contribution in [3.8, 4) is 0 Å². The maximum Gasteiger partial charge on any atom is 0.314 e. The molecule has 1 rings (SSSR count). The average molecular weight is 364 g/mol. The number of amides is 3. The lowest BCUT2D eigenvalue weighted by Crippen LogP contribution is -2.45. The van der Waals surface area contributed by atoms with Gasteiger partial charge in [0, 0.05) is 45.7 Å². The number of rotatable bonds is 9. The molecule has 24 heavy (non-hydrogen) atoms. The fraction of sp³-hybridized carbons (Fsp3) is 0.857. The Morgan fingerprint density at radius 3 is 2.25 bits per heavy atom. The Morgan fingerprint density at radius 1 is 1.08 bits per heavy atom. The summed E-state index contributed by atoms with van der Waals surface area (Å²) in [7, 11) is -3.38. The van der Waals surface area contributed by atoms with Gasteiger partial charge in [-0.3, -0.25) is 4.79 Å². The number of sulfonamides is 1. The molecule has 0 unspecified atom stereocenters. The van der Waals surface area contributed by atoms with Crippen LogP contribution in [0.1, 0.15) is 20.3 Å². The molecule has 1 saturated heterocycles. The van der Waals surface area contributed by atoms with E-state index in [0.717, 1.165) is 0 Å². The molecule has 0 aromatic heterocycles. The Kier molecular flexibility index (Phi) is 9.01. The van der Waals surface area contributed by atoms with Gasteiger partial charge in [0.1, 0.15) is 0 Å². The van der Waals surface area contributed by atoms with Crippen LogP contribution in [0.25, 0.3) is 0 Å². The van der Waals surface area contributed by atoms with Crippen molar-refractivity contribution in [2.75, 3.05) is 58.2 Å². The van der Waals surface area contributed by atoms with Gasteiger partial charge in [-0.1, -0.05) is 0 Å². The Balaban J connectivity index is 2.20. The van der Waals surface area contributed by atoms with E-state index in [1.807, 2.05) is 13.8 Å². The molecule has 1 fully saturated rings. The van der Waals surface area contributed by atoms with E-state index in [1.165, 1.54) is 4.31 Å². The van der Waals surface area contributed by atoms with Crippen LogP contribution in [-0.4, -0.2) is 87.8 Å². The van der Waals surface area contributed by atoms with E-state index >= 15 is 0 Å². The molecular weight excluding hydrogens is 336 g/mol. The lowest BCUT2D eigenvalue weighted by molar-refractivity contribution is -0.130. The molecule has 0 radical (unpaired) electrons. The van der Waals surface area contributed by atoms with Crippen molar-refractivity contribution in [1.82, 2.24) is 19.8 Å². The molecule has 0 aliphatic carbocycles. The van der Waals surface area contributed by atoms with Gasteiger partial charge < -0.3 is 20.3 Å². The van der Waals surface area contributed by atoms with Crippen molar-refractivity contribution in [3.63, 3.8) is 0 Å². The summed E-state index contributed by atoms with van der Waals surface area (Å²) in [4.78, 5) is 25.1. The third kappa shape index (κ3) is 7.02. The summed E-state index contributed by atoms with van der Waals surface area (Å²) in [6.45, 7) is 6.81. The molecule has 0 atom stereocenters. The number of morpholine rings is 1. The summed E-state index contributed by atoms with van der Waals surface area (Å²) < 4.78 is 30.6. The fourth-order valence-electron chi connectivity index (χ4n) is 2.33. The van der Waals surface area contributed by atoms with E-state index in [9.17, 15) is 18.0 Å². The van der Waals surface area contributed by atoms with Gasteiger partial charge in [-0.2, -0.15) is 4.31 Å². The molecule has 140 valence electrons. The van der Waals surface area contributed by atoms with Crippen molar-refractivity contribution >= 4 is 22.0 Å². The first-order valence-corrected chi connectivity index (χ1v) is 9.86. The van der Waals surface area contributed by atoms with Crippen molar-refractivity contribution in [3.05, 3.63) is 0 Å². The quantitative estimate of drug-likeness (QED) is 0.557. The van der Waals surface area contributed by atoms with E-state index in [4.69, 9.17) is 4.74 Å². The van der Waals surface area contributed by atoms with E-state index in [-0.39, 0.29) is 31.2 Å². The third-order valence-corrected chi connectivity index (χ3v) is 5.62. The predicted molar refractivity (Wildman–Crippen MR) is 90.1 cm³/mol. The van der Waals surface area contributed by atoms with Crippen LogP contribution in [0.2, 0.25) is 0 Å². The van der Waals surface area contributed by atoms with Gasteiger partial charge in [0.05, 0.1) is 19.0 Å². The van der Waals surface area contributed by atoms with Crippen LogP contribution < -0.4 is 10.6 Å². The summed E-state index contributed by atoms with van der Waals surface area (Å²) in [6, 6.07) is -0.473. The smallest absolute Gasteiger partial charge is 0.314 e. The summed E-state index contributed by atoms with van der Waals surface area (Å²) in [6.07, 6.45) is 0.223. The maximum atomic E-state index is 12.1. The molecule has 1 aliphatic heterocycles. The summed E-state index contributed by atoms with van der Waals surface area (Å²) in [5.41, 5.74) is 0. The molecule has 1 aliphatic rings. The van der Waals surface area contributed by atoms with Crippen molar-refractivity contribution in [2.45, 2.75) is 20.3 Å². The molecule has 0 aromatic rings. The summed E-state index contributed by atoms with van der Waals surface area (Å²) >= 11 is 0. The van der Waals surface area contributed by atoms with E-state index < -0.39 is 16.1 Å². The van der Waals surface area contributed by atoms with Crippen LogP contribution in [0.3, 0.4) is 0 Å². The van der Waals surface area contributed by atoms with E-state index in [1.54, 1.807) is 4.90 Å². The van der Waals surface area contributed by atoms with Gasteiger partial charge in [0.25, 0.3) is 0 Å². The van der Waals surface area contributed by atoms with Gasteiger partial charge in [0.15, 0.2) is 0 Å². The first kappa shape index (κ1) is 20.7. The monoisotopic (exact) mass is 364 g/mol. The van der Waals surface area contributed by atoms with Crippen LogP contribution >= 0.6 is 0 Å². The second-order valence-corrected chi connectivity index (χ2v) is 7.41. The molecular formula is C14H28N4O5S. The largest absolute Gasteiger partial charge is 0.379 e. The Morgan fingerprint density at radius 2 is 1.67 bits per heavy atom. The second kappa shape index (κ2) is 10.5. The highest BCUT2D eigenvalue weighted by molar-refractivity contribution is 7.89. The van der Waals surface area contributed by atoms with Crippen molar-refractivity contribution < 1.29 is 22.7 Å². The Hall–Kier alpha value is -1.39. The topological polar surface area (TPSA) is 108 Å². The van der Waals surface area contributed by atoms with Gasteiger partial charge in [-0.25, -0.2) is 13.2 Å². The fourth-order valence-corrected chi connectivity index (χ4v) is 3.65. The minimum atomic E-state index is -3.38. The first-order chi connectivity index (χ1) is 11.4. The van der Waals surface area contributed by atoms with Crippen LogP contribution in [-0.2, 0) is 19.6 Å². The lowest BCUT2D eigenvalue weighted by Gasteiger charge is -2.26. The highest BCUT2D eigenvalue weighted by Crippen LogP contribution is 2.04. The van der Waals surface area contributed by atoms with E-state index in [0.29, 0.717) is 39.4 Å². The SMILES string of the molecule is CCN(CC)C(=O)CCNC(=O)NCCS(=O)(=O)N1CCOCC1. The van der Waals surface area contributed by atoms with E-state index in [2.05, 4.69) is 10.6 Å². The molecule has 10 heteroatoms. The van der Waals surface area contributed by atoms with Gasteiger partial charge in [-0.05, 0) is 13.8 Å². The minimum absolute atomic E-state index is 0.0183. The molecule has 3 amide bonds. The molecule has 0 bridgehead atoms. The standard InChI is InChI=1S/C14H28N4O5S/c1-3-17(4-2)13(19)5-6-15-14(20)16-7-12-24(21,22)18-8-10-23-11-9-18/h3-12H2,1-2H3,(H2,15,16,20). The molecule has 9 nitrogen and oxygen atoms in total. The highest BCUT2D eigenvalue weighted by Gasteiger charge is 2.23. The maximum absolute atomic E-state index is 12.1. The third-order valence-electron chi connectivity index (χ3n) is 3.75. The van der Waals surface area contributed by atoms with Crippen molar-refractivity contribution in [1.29, 1.82) is 0 Å². The minimum Gasteiger partial charge on any atom is -0.379 e. The first-order valence-electron chi connectivity index (χ1n) is 8.25. The van der Waals surface area contributed by atoms with Crippen LogP contribution in [0.5, 0.6) is 0 Å². The number of nitrogens with zero attached hydrogens (tertiary/aromatic N) is 2. The lowest BCUT2D eigenvalue weighted by atomic mass is 10.3. The van der Waals surface area contributed by atoms with Crippen LogP contribution in [0.4, 0.5) is 4.79 Å². The second-order valence-electron chi connectivity index (χ2n) is 5.33. The molecule has 2 N–H and O–H groups in total. The van der Waals surface area contributed by atoms with Crippen LogP contribution in [0, 0.1) is 0 Å². The van der Waals surface area contributed by atoms with Gasteiger partial charge in [0.2, 0.25) is 15.9 Å². The zero-order valence-corrected chi connectivity index (χ0v) is 15.2. The average Bonchev–Trinajstić information content (AvgIpc) is 2.56. The number of hydrogen-bond acceptors (Lipinski definition) is 5. The molecule has 0 aromatic carbocycles. The number of carbonyl (C=O) groups excluding carboxylic acids is 2. The normalized spacial score (nSPS) is 15.8. The Bertz CT molecular complexity index is 501. The number of urea groups is 1. The van der Waals surface area contributed by atoms with Crippen LogP contribution in [0.15, 0.2) is 0 Å². The molecule has 1 heterocycles. The van der Waals surface area contributed by atoms with Gasteiger partial charge >= 0.3 is 6.03 Å². The molecule has 0 spiro atoms.